The van der Waals surface area contributed by atoms with Crippen molar-refractivity contribution < 1.29 is 0 Å². The standard InChI is InChI=1S/C11H14N2/c1-4-6-7-10(5-2)11-8-13(3)9-12-11/h4-9H,1H2,2-3H3/b7-6-,10-5+. The number of hydrogen-bond donors (Lipinski definition) is 0. The fraction of sp³-hybridized carbons (Fsp3) is 0.182. The Hall–Kier alpha value is -1.57. The summed E-state index contributed by atoms with van der Waals surface area (Å²) < 4.78 is 1.93. The molecule has 1 aromatic rings. The van der Waals surface area contributed by atoms with E-state index in [0.717, 1.165) is 11.3 Å². The molecule has 0 aliphatic heterocycles. The van der Waals surface area contributed by atoms with Crippen molar-refractivity contribution in [2.75, 3.05) is 0 Å². The van der Waals surface area contributed by atoms with Crippen molar-refractivity contribution >= 4 is 5.57 Å². The number of imidazole rings is 1. The van der Waals surface area contributed by atoms with Gasteiger partial charge in [0.25, 0.3) is 0 Å². The number of aryl methyl sites for hydroxylation is 1. The molecule has 0 saturated heterocycles. The van der Waals surface area contributed by atoms with E-state index in [2.05, 4.69) is 11.6 Å². The number of hydrogen-bond acceptors (Lipinski definition) is 1. The molecule has 2 nitrogen and oxygen atoms in total. The molecule has 13 heavy (non-hydrogen) atoms. The molecule has 0 fully saturated rings. The SMILES string of the molecule is C=C/C=C\C(=C/C)c1cn(C)cn1. The topological polar surface area (TPSA) is 17.8 Å². The van der Waals surface area contributed by atoms with Crippen LogP contribution in [0.4, 0.5) is 0 Å². The molecule has 0 unspecified atom stereocenters. The van der Waals surface area contributed by atoms with E-state index < -0.39 is 0 Å². The van der Waals surface area contributed by atoms with Gasteiger partial charge < -0.3 is 4.57 Å². The minimum Gasteiger partial charge on any atom is -0.340 e. The van der Waals surface area contributed by atoms with Crippen LogP contribution in [0, 0.1) is 0 Å². The first-order chi connectivity index (χ1) is 6.27. The summed E-state index contributed by atoms with van der Waals surface area (Å²) in [5.74, 6) is 0. The Morgan fingerprint density at radius 3 is 2.85 bits per heavy atom. The normalized spacial score (nSPS) is 12.3. The Morgan fingerprint density at radius 2 is 2.38 bits per heavy atom. The highest BCUT2D eigenvalue weighted by atomic mass is 15.0. The number of aromatic nitrogens is 2. The van der Waals surface area contributed by atoms with E-state index in [0.29, 0.717) is 0 Å². The zero-order valence-electron chi connectivity index (χ0n) is 8.07. The minimum absolute atomic E-state index is 0.989. The van der Waals surface area contributed by atoms with Crippen molar-refractivity contribution in [1.29, 1.82) is 0 Å². The fourth-order valence-electron chi connectivity index (χ4n) is 1.06. The van der Waals surface area contributed by atoms with Crippen molar-refractivity contribution in [3.05, 3.63) is 49.1 Å². The van der Waals surface area contributed by atoms with Crippen LogP contribution >= 0.6 is 0 Å². The van der Waals surface area contributed by atoms with E-state index in [4.69, 9.17) is 0 Å². The Kier molecular flexibility index (Phi) is 3.26. The maximum absolute atomic E-state index is 4.25. The van der Waals surface area contributed by atoms with Crippen LogP contribution in [0.5, 0.6) is 0 Å². The van der Waals surface area contributed by atoms with Gasteiger partial charge in [-0.3, -0.25) is 0 Å². The quantitative estimate of drug-likeness (QED) is 0.644. The Morgan fingerprint density at radius 1 is 1.62 bits per heavy atom. The molecule has 0 aromatic carbocycles. The zero-order chi connectivity index (χ0) is 9.68. The monoisotopic (exact) mass is 174 g/mol. The van der Waals surface area contributed by atoms with E-state index in [1.165, 1.54) is 0 Å². The average molecular weight is 174 g/mol. The Bertz CT molecular complexity index is 343. The minimum atomic E-state index is 0.989. The van der Waals surface area contributed by atoms with E-state index in [-0.39, 0.29) is 0 Å². The molecule has 0 radical (unpaired) electrons. The van der Waals surface area contributed by atoms with Gasteiger partial charge in [-0.1, -0.05) is 30.9 Å². The summed E-state index contributed by atoms with van der Waals surface area (Å²) in [5, 5.41) is 0. The van der Waals surface area contributed by atoms with Gasteiger partial charge in [0.15, 0.2) is 0 Å². The van der Waals surface area contributed by atoms with Crippen LogP contribution in [-0.4, -0.2) is 9.55 Å². The van der Waals surface area contributed by atoms with Crippen LogP contribution in [0.2, 0.25) is 0 Å². The van der Waals surface area contributed by atoms with E-state index in [9.17, 15) is 0 Å². The molecule has 0 N–H and O–H groups in total. The molecule has 0 aliphatic carbocycles. The predicted octanol–water partition coefficient (Wildman–Crippen LogP) is 2.57. The number of nitrogens with zero attached hydrogens (tertiary/aromatic N) is 2. The lowest BCUT2D eigenvalue weighted by molar-refractivity contribution is 0.913. The smallest absolute Gasteiger partial charge is 0.0951 e. The van der Waals surface area contributed by atoms with Gasteiger partial charge in [0.1, 0.15) is 0 Å². The molecule has 1 rings (SSSR count). The average Bonchev–Trinajstić information content (AvgIpc) is 2.54. The summed E-state index contributed by atoms with van der Waals surface area (Å²) in [4.78, 5) is 4.25. The molecule has 2 heteroatoms. The Balaban J connectivity index is 2.91. The lowest BCUT2D eigenvalue weighted by Crippen LogP contribution is -1.80. The molecule has 1 aromatic heterocycles. The molecule has 0 bridgehead atoms. The van der Waals surface area contributed by atoms with Crippen molar-refractivity contribution in [2.24, 2.45) is 7.05 Å². The van der Waals surface area contributed by atoms with Gasteiger partial charge in [-0.25, -0.2) is 4.98 Å². The predicted molar refractivity (Wildman–Crippen MR) is 56.2 cm³/mol. The lowest BCUT2D eigenvalue weighted by atomic mass is 10.2. The van der Waals surface area contributed by atoms with Gasteiger partial charge >= 0.3 is 0 Å². The van der Waals surface area contributed by atoms with Crippen molar-refractivity contribution in [3.63, 3.8) is 0 Å². The summed E-state index contributed by atoms with van der Waals surface area (Å²) in [6.07, 6.45) is 11.5. The van der Waals surface area contributed by atoms with Gasteiger partial charge in [-0.2, -0.15) is 0 Å². The first-order valence-electron chi connectivity index (χ1n) is 4.21. The Labute approximate surface area is 78.9 Å². The van der Waals surface area contributed by atoms with E-state index in [1.807, 2.05) is 43.0 Å². The summed E-state index contributed by atoms with van der Waals surface area (Å²) in [6.45, 7) is 5.62. The van der Waals surface area contributed by atoms with E-state index >= 15 is 0 Å². The molecule has 0 aliphatic rings. The van der Waals surface area contributed by atoms with Gasteiger partial charge in [0.05, 0.1) is 12.0 Å². The van der Waals surface area contributed by atoms with Crippen LogP contribution in [-0.2, 0) is 7.05 Å². The van der Waals surface area contributed by atoms with Crippen LogP contribution in [0.3, 0.4) is 0 Å². The molecule has 68 valence electrons. The van der Waals surface area contributed by atoms with Crippen molar-refractivity contribution in [1.82, 2.24) is 9.55 Å². The summed E-state index contributed by atoms with van der Waals surface area (Å²) >= 11 is 0. The zero-order valence-corrected chi connectivity index (χ0v) is 8.07. The molecule has 0 spiro atoms. The third kappa shape index (κ3) is 2.44. The molecular weight excluding hydrogens is 160 g/mol. The van der Waals surface area contributed by atoms with Gasteiger partial charge in [-0.05, 0) is 12.5 Å². The van der Waals surface area contributed by atoms with Crippen molar-refractivity contribution in [2.45, 2.75) is 6.92 Å². The second-order valence-electron chi connectivity index (χ2n) is 2.76. The maximum atomic E-state index is 4.25. The second kappa shape index (κ2) is 4.45. The highest BCUT2D eigenvalue weighted by molar-refractivity contribution is 5.71. The maximum Gasteiger partial charge on any atom is 0.0951 e. The highest BCUT2D eigenvalue weighted by Gasteiger charge is 1.98. The number of allylic oxidation sites excluding steroid dienone is 5. The first kappa shape index (κ1) is 9.52. The van der Waals surface area contributed by atoms with Crippen LogP contribution in [0.25, 0.3) is 5.57 Å². The molecule has 1 heterocycles. The van der Waals surface area contributed by atoms with Crippen LogP contribution in [0.15, 0.2) is 43.4 Å². The largest absolute Gasteiger partial charge is 0.340 e. The molecular formula is C11H14N2. The third-order valence-electron chi connectivity index (χ3n) is 1.72. The first-order valence-corrected chi connectivity index (χ1v) is 4.21. The van der Waals surface area contributed by atoms with Crippen LogP contribution in [0.1, 0.15) is 12.6 Å². The summed E-state index contributed by atoms with van der Waals surface area (Å²) in [6, 6.07) is 0. The third-order valence-corrected chi connectivity index (χ3v) is 1.72. The molecule has 0 saturated carbocycles. The second-order valence-corrected chi connectivity index (χ2v) is 2.76. The van der Waals surface area contributed by atoms with Crippen LogP contribution < -0.4 is 0 Å². The van der Waals surface area contributed by atoms with Gasteiger partial charge in [-0.15, -0.1) is 0 Å². The number of rotatable bonds is 3. The highest BCUT2D eigenvalue weighted by Crippen LogP contribution is 2.12. The fourth-order valence-corrected chi connectivity index (χ4v) is 1.06. The molecule has 0 atom stereocenters. The van der Waals surface area contributed by atoms with Gasteiger partial charge in [0, 0.05) is 13.2 Å². The van der Waals surface area contributed by atoms with Gasteiger partial charge in [0.2, 0.25) is 0 Å². The van der Waals surface area contributed by atoms with Crippen molar-refractivity contribution in [3.8, 4) is 0 Å². The summed E-state index contributed by atoms with van der Waals surface area (Å²) in [5.41, 5.74) is 2.10. The van der Waals surface area contributed by atoms with E-state index in [1.54, 1.807) is 12.4 Å². The molecule has 0 amide bonds. The lowest BCUT2D eigenvalue weighted by Gasteiger charge is -1.93. The summed E-state index contributed by atoms with van der Waals surface area (Å²) in [7, 11) is 1.96.